The van der Waals surface area contributed by atoms with Crippen molar-refractivity contribution >= 4 is 17.6 Å². The van der Waals surface area contributed by atoms with Crippen LogP contribution in [0, 0.1) is 23.7 Å². The van der Waals surface area contributed by atoms with Crippen LogP contribution < -0.4 is 5.32 Å². The molecule has 2 N–H and O–H groups in total. The van der Waals surface area contributed by atoms with Gasteiger partial charge in [-0.1, -0.05) is 18.2 Å². The van der Waals surface area contributed by atoms with Crippen LogP contribution in [0.4, 0.5) is 5.69 Å². The Labute approximate surface area is 128 Å². The molecule has 5 nitrogen and oxygen atoms in total. The van der Waals surface area contributed by atoms with Gasteiger partial charge in [0.05, 0.1) is 25.0 Å². The van der Waals surface area contributed by atoms with E-state index in [1.54, 1.807) is 0 Å². The lowest BCUT2D eigenvalue weighted by atomic mass is 9.82. The van der Waals surface area contributed by atoms with Crippen molar-refractivity contribution < 1.29 is 19.4 Å². The Bertz CT molecular complexity index is 681. The van der Waals surface area contributed by atoms with Crippen molar-refractivity contribution in [3.63, 3.8) is 0 Å². The number of carboxylic acids is 1. The van der Waals surface area contributed by atoms with Crippen LogP contribution in [0.5, 0.6) is 0 Å². The zero-order valence-electron chi connectivity index (χ0n) is 12.0. The average Bonchev–Trinajstić information content (AvgIpc) is 3.20. The maximum atomic E-state index is 12.6. The van der Waals surface area contributed by atoms with E-state index < -0.39 is 17.8 Å². The molecule has 0 aromatic heterocycles. The number of ether oxygens (including phenoxy) is 1. The first-order chi connectivity index (χ1) is 10.6. The lowest BCUT2D eigenvalue weighted by molar-refractivity contribution is -0.146. The molecule has 1 aromatic rings. The van der Waals surface area contributed by atoms with E-state index >= 15 is 0 Å². The third-order valence-corrected chi connectivity index (χ3v) is 5.04. The first-order valence-electron chi connectivity index (χ1n) is 7.55. The standard InChI is InChI=1S/C17H17NO4/c19-16(14-9-1-2-10(5-9)15(14)17(20)21)18-13-4-3-11-7-22-8-12(11)6-13/h1-4,6,9-10,14-15H,5,7-8H2,(H,18,19)(H,20,21). The molecule has 1 saturated carbocycles. The fourth-order valence-corrected chi connectivity index (χ4v) is 3.99. The van der Waals surface area contributed by atoms with Crippen LogP contribution in [-0.2, 0) is 27.5 Å². The molecule has 0 saturated heterocycles. The quantitative estimate of drug-likeness (QED) is 0.839. The fourth-order valence-electron chi connectivity index (χ4n) is 3.99. The van der Waals surface area contributed by atoms with Crippen molar-refractivity contribution in [2.24, 2.45) is 23.7 Å². The highest BCUT2D eigenvalue weighted by atomic mass is 16.5. The van der Waals surface area contributed by atoms with E-state index in [9.17, 15) is 14.7 Å². The molecule has 0 spiro atoms. The monoisotopic (exact) mass is 299 g/mol. The largest absolute Gasteiger partial charge is 0.481 e. The number of rotatable bonds is 3. The number of hydrogen-bond acceptors (Lipinski definition) is 3. The van der Waals surface area contributed by atoms with Crippen LogP contribution in [0.1, 0.15) is 17.5 Å². The van der Waals surface area contributed by atoms with Crippen LogP contribution >= 0.6 is 0 Å². The number of fused-ring (bicyclic) bond motifs is 3. The number of nitrogens with one attached hydrogen (secondary N) is 1. The Morgan fingerprint density at radius 3 is 2.59 bits per heavy atom. The van der Waals surface area contributed by atoms with E-state index in [0.29, 0.717) is 18.9 Å². The smallest absolute Gasteiger partial charge is 0.307 e. The number of amides is 1. The second kappa shape index (κ2) is 4.95. The van der Waals surface area contributed by atoms with Crippen molar-refractivity contribution in [3.05, 3.63) is 41.5 Å². The van der Waals surface area contributed by atoms with E-state index in [-0.39, 0.29) is 17.7 Å². The summed E-state index contributed by atoms with van der Waals surface area (Å²) < 4.78 is 5.36. The Morgan fingerprint density at radius 1 is 1.09 bits per heavy atom. The van der Waals surface area contributed by atoms with Crippen molar-refractivity contribution in [1.82, 2.24) is 0 Å². The molecule has 4 rings (SSSR count). The van der Waals surface area contributed by atoms with Crippen LogP contribution in [0.25, 0.3) is 0 Å². The van der Waals surface area contributed by atoms with Crippen molar-refractivity contribution in [2.75, 3.05) is 5.32 Å². The van der Waals surface area contributed by atoms with Gasteiger partial charge in [-0.2, -0.15) is 0 Å². The van der Waals surface area contributed by atoms with E-state index in [4.69, 9.17) is 4.74 Å². The van der Waals surface area contributed by atoms with Gasteiger partial charge in [-0.25, -0.2) is 0 Å². The number of anilines is 1. The second-order valence-electron chi connectivity index (χ2n) is 6.30. The highest BCUT2D eigenvalue weighted by Crippen LogP contribution is 2.48. The molecule has 4 atom stereocenters. The molecule has 3 aliphatic rings. The summed E-state index contributed by atoms with van der Waals surface area (Å²) in [5.74, 6) is -2.11. The number of carboxylic acid groups (broad SMARTS) is 1. The predicted molar refractivity (Wildman–Crippen MR) is 78.9 cm³/mol. The summed E-state index contributed by atoms with van der Waals surface area (Å²) in [7, 11) is 0. The normalized spacial score (nSPS) is 31.3. The molecule has 22 heavy (non-hydrogen) atoms. The third kappa shape index (κ3) is 2.04. The van der Waals surface area contributed by atoms with Crippen molar-refractivity contribution in [2.45, 2.75) is 19.6 Å². The van der Waals surface area contributed by atoms with Crippen molar-refractivity contribution in [3.8, 4) is 0 Å². The lowest BCUT2D eigenvalue weighted by Gasteiger charge is -2.24. The van der Waals surface area contributed by atoms with Crippen LogP contribution in [0.3, 0.4) is 0 Å². The van der Waals surface area contributed by atoms with Gasteiger partial charge in [0, 0.05) is 5.69 Å². The molecule has 0 radical (unpaired) electrons. The summed E-state index contributed by atoms with van der Waals surface area (Å²) in [4.78, 5) is 24.1. The first kappa shape index (κ1) is 13.5. The second-order valence-corrected chi connectivity index (χ2v) is 6.30. The minimum absolute atomic E-state index is 0.00771. The predicted octanol–water partition coefficient (Wildman–Crippen LogP) is 2.18. The molecule has 1 aromatic carbocycles. The number of carbonyl (C=O) groups excluding carboxylic acids is 1. The summed E-state index contributed by atoms with van der Waals surface area (Å²) in [5.41, 5.74) is 2.94. The molecule has 1 fully saturated rings. The van der Waals surface area contributed by atoms with E-state index in [1.807, 2.05) is 30.4 Å². The zero-order valence-corrected chi connectivity index (χ0v) is 12.0. The molecule has 1 amide bonds. The summed E-state index contributed by atoms with van der Waals surface area (Å²) in [6, 6.07) is 5.72. The molecule has 1 heterocycles. The maximum absolute atomic E-state index is 12.6. The van der Waals surface area contributed by atoms with Gasteiger partial charge in [0.1, 0.15) is 0 Å². The van der Waals surface area contributed by atoms with E-state index in [2.05, 4.69) is 5.32 Å². The Hall–Kier alpha value is -2.14. The lowest BCUT2D eigenvalue weighted by Crippen LogP contribution is -2.36. The topological polar surface area (TPSA) is 75.6 Å². The first-order valence-corrected chi connectivity index (χ1v) is 7.55. The van der Waals surface area contributed by atoms with Gasteiger partial charge < -0.3 is 15.2 Å². The number of allylic oxidation sites excluding steroid dienone is 2. The average molecular weight is 299 g/mol. The Balaban J connectivity index is 1.55. The van der Waals surface area contributed by atoms with E-state index in [1.165, 1.54) is 0 Å². The summed E-state index contributed by atoms with van der Waals surface area (Å²) in [6.07, 6.45) is 4.71. The molecule has 1 aliphatic heterocycles. The fraction of sp³-hybridized carbons (Fsp3) is 0.412. The highest BCUT2D eigenvalue weighted by molar-refractivity contribution is 5.96. The number of aliphatic carboxylic acids is 1. The molecule has 5 heteroatoms. The SMILES string of the molecule is O=C(O)C1C2C=CC(C2)C1C(=O)Nc1ccc2c(c1)COC2. The highest BCUT2D eigenvalue weighted by Gasteiger charge is 2.51. The minimum Gasteiger partial charge on any atom is -0.481 e. The number of hydrogen-bond donors (Lipinski definition) is 2. The Kier molecular flexibility index (Phi) is 3.04. The number of carbonyl (C=O) groups is 2. The summed E-state index contributed by atoms with van der Waals surface area (Å²) in [6.45, 7) is 1.18. The molecule has 114 valence electrons. The van der Waals surface area contributed by atoms with Gasteiger partial charge >= 0.3 is 5.97 Å². The van der Waals surface area contributed by atoms with Gasteiger partial charge in [-0.3, -0.25) is 9.59 Å². The van der Waals surface area contributed by atoms with Crippen LogP contribution in [-0.4, -0.2) is 17.0 Å². The van der Waals surface area contributed by atoms with E-state index in [0.717, 1.165) is 17.5 Å². The van der Waals surface area contributed by atoms with Gasteiger partial charge in [-0.15, -0.1) is 0 Å². The molecular weight excluding hydrogens is 282 g/mol. The maximum Gasteiger partial charge on any atom is 0.307 e. The van der Waals surface area contributed by atoms with Crippen LogP contribution in [0.2, 0.25) is 0 Å². The molecule has 4 unspecified atom stereocenters. The molecule has 2 aliphatic carbocycles. The van der Waals surface area contributed by atoms with Gasteiger partial charge in [0.25, 0.3) is 0 Å². The number of benzene rings is 1. The van der Waals surface area contributed by atoms with Crippen molar-refractivity contribution in [1.29, 1.82) is 0 Å². The molecular formula is C17H17NO4. The van der Waals surface area contributed by atoms with Crippen LogP contribution in [0.15, 0.2) is 30.4 Å². The van der Waals surface area contributed by atoms with Gasteiger partial charge in [0.15, 0.2) is 0 Å². The third-order valence-electron chi connectivity index (χ3n) is 5.04. The minimum atomic E-state index is -0.876. The Morgan fingerprint density at radius 2 is 1.82 bits per heavy atom. The zero-order chi connectivity index (χ0) is 15.3. The summed E-state index contributed by atoms with van der Waals surface area (Å²) in [5, 5.41) is 12.3. The van der Waals surface area contributed by atoms with Gasteiger partial charge in [0.2, 0.25) is 5.91 Å². The summed E-state index contributed by atoms with van der Waals surface area (Å²) >= 11 is 0. The molecule has 2 bridgehead atoms. The van der Waals surface area contributed by atoms with Gasteiger partial charge in [-0.05, 0) is 41.5 Å².